The van der Waals surface area contributed by atoms with Crippen molar-refractivity contribution in [3.8, 4) is 0 Å². The molecule has 4 nitrogen and oxygen atoms in total. The third-order valence-electron chi connectivity index (χ3n) is 5.09. The number of rotatable bonds is 6. The number of hydrogen-bond donors (Lipinski definition) is 0. The quantitative estimate of drug-likeness (QED) is 0.281. The van der Waals surface area contributed by atoms with Gasteiger partial charge in [-0.15, -0.1) is 0 Å². The van der Waals surface area contributed by atoms with Crippen molar-refractivity contribution in [1.29, 1.82) is 0 Å². The molecule has 0 fully saturated rings. The van der Waals surface area contributed by atoms with E-state index >= 15 is 0 Å². The van der Waals surface area contributed by atoms with E-state index in [4.69, 9.17) is 4.98 Å². The highest BCUT2D eigenvalue weighted by Crippen LogP contribution is 2.29. The maximum Gasteiger partial charge on any atom is 0.282 e. The average molecular weight is 492 g/mol. The van der Waals surface area contributed by atoms with Crippen LogP contribution in [0.1, 0.15) is 37.6 Å². The highest BCUT2D eigenvalue weighted by Gasteiger charge is 2.15. The van der Waals surface area contributed by atoms with Crippen LogP contribution < -0.4 is 5.56 Å². The van der Waals surface area contributed by atoms with Gasteiger partial charge in [-0.1, -0.05) is 77.9 Å². The van der Waals surface area contributed by atoms with Crippen LogP contribution >= 0.6 is 27.7 Å². The third-order valence-corrected chi connectivity index (χ3v) is 6.68. The van der Waals surface area contributed by atoms with Crippen LogP contribution in [-0.2, 0) is 0 Å². The van der Waals surface area contributed by atoms with Gasteiger partial charge in [0, 0.05) is 25.7 Å². The SMILES string of the molecule is CC[C@@H](C)c1nc2ccc(Br)cc2c(=O)n1N=Cc1ccccc1Sc1ccccc1. The molecule has 0 saturated heterocycles. The molecule has 0 amide bonds. The molecule has 0 aliphatic rings. The molecule has 4 rings (SSSR count). The van der Waals surface area contributed by atoms with Gasteiger partial charge in [-0.3, -0.25) is 4.79 Å². The Morgan fingerprint density at radius 1 is 1.10 bits per heavy atom. The maximum absolute atomic E-state index is 13.3. The van der Waals surface area contributed by atoms with Crippen LogP contribution in [0.2, 0.25) is 0 Å². The van der Waals surface area contributed by atoms with Crippen molar-refractivity contribution in [2.45, 2.75) is 36.0 Å². The molecule has 156 valence electrons. The number of benzene rings is 3. The summed E-state index contributed by atoms with van der Waals surface area (Å²) in [5, 5.41) is 5.16. The Bertz CT molecular complexity index is 1300. The summed E-state index contributed by atoms with van der Waals surface area (Å²) in [6, 6.07) is 23.8. The van der Waals surface area contributed by atoms with E-state index in [1.165, 1.54) is 4.68 Å². The minimum Gasteiger partial charge on any atom is -0.267 e. The van der Waals surface area contributed by atoms with E-state index in [2.05, 4.69) is 53.1 Å². The van der Waals surface area contributed by atoms with Crippen LogP contribution in [0.25, 0.3) is 10.9 Å². The second kappa shape index (κ2) is 9.62. The summed E-state index contributed by atoms with van der Waals surface area (Å²) in [5.41, 5.74) is 1.48. The predicted octanol–water partition coefficient (Wildman–Crippen LogP) is 6.71. The normalized spacial score (nSPS) is 12.5. The van der Waals surface area contributed by atoms with Crippen molar-refractivity contribution in [3.63, 3.8) is 0 Å². The lowest BCUT2D eigenvalue weighted by atomic mass is 10.1. The van der Waals surface area contributed by atoms with Gasteiger partial charge in [0.05, 0.1) is 17.1 Å². The second-order valence-corrected chi connectivity index (χ2v) is 9.29. The summed E-state index contributed by atoms with van der Waals surface area (Å²) >= 11 is 5.12. The first-order chi connectivity index (χ1) is 15.1. The zero-order chi connectivity index (χ0) is 21.8. The van der Waals surface area contributed by atoms with Gasteiger partial charge in [0.15, 0.2) is 0 Å². The molecule has 31 heavy (non-hydrogen) atoms. The Kier molecular flexibility index (Phi) is 6.68. The molecule has 0 saturated carbocycles. The van der Waals surface area contributed by atoms with E-state index in [0.29, 0.717) is 16.7 Å². The summed E-state index contributed by atoms with van der Waals surface area (Å²) in [5.74, 6) is 0.776. The van der Waals surface area contributed by atoms with Gasteiger partial charge >= 0.3 is 0 Å². The van der Waals surface area contributed by atoms with Crippen LogP contribution in [0, 0.1) is 0 Å². The molecule has 0 unspecified atom stereocenters. The minimum absolute atomic E-state index is 0.104. The molecular formula is C25H22BrN3OS. The van der Waals surface area contributed by atoms with Gasteiger partial charge in [0.2, 0.25) is 0 Å². The van der Waals surface area contributed by atoms with E-state index in [0.717, 1.165) is 26.2 Å². The predicted molar refractivity (Wildman–Crippen MR) is 132 cm³/mol. The monoisotopic (exact) mass is 491 g/mol. The highest BCUT2D eigenvalue weighted by atomic mass is 79.9. The lowest BCUT2D eigenvalue weighted by molar-refractivity contribution is 0.613. The Morgan fingerprint density at radius 3 is 2.61 bits per heavy atom. The van der Waals surface area contributed by atoms with Gasteiger partial charge in [-0.05, 0) is 42.8 Å². The molecular weight excluding hydrogens is 470 g/mol. The van der Waals surface area contributed by atoms with E-state index in [-0.39, 0.29) is 11.5 Å². The number of fused-ring (bicyclic) bond motifs is 1. The highest BCUT2D eigenvalue weighted by molar-refractivity contribution is 9.10. The Morgan fingerprint density at radius 2 is 1.84 bits per heavy atom. The van der Waals surface area contributed by atoms with Crippen molar-refractivity contribution < 1.29 is 0 Å². The lowest BCUT2D eigenvalue weighted by Crippen LogP contribution is -2.23. The van der Waals surface area contributed by atoms with Gasteiger partial charge in [-0.25, -0.2) is 4.98 Å². The molecule has 0 bridgehead atoms. The fourth-order valence-corrected chi connectivity index (χ4v) is 4.49. The number of aromatic nitrogens is 2. The smallest absolute Gasteiger partial charge is 0.267 e. The molecule has 6 heteroatoms. The van der Waals surface area contributed by atoms with Crippen LogP contribution in [-0.4, -0.2) is 15.9 Å². The molecule has 0 N–H and O–H groups in total. The van der Waals surface area contributed by atoms with Crippen molar-refractivity contribution in [2.24, 2.45) is 5.10 Å². The van der Waals surface area contributed by atoms with Crippen molar-refractivity contribution in [2.75, 3.05) is 0 Å². The molecule has 1 atom stereocenters. The molecule has 0 spiro atoms. The van der Waals surface area contributed by atoms with Crippen molar-refractivity contribution in [3.05, 3.63) is 99.0 Å². The Balaban J connectivity index is 1.80. The molecule has 3 aromatic carbocycles. The van der Waals surface area contributed by atoms with E-state index in [1.54, 1.807) is 24.0 Å². The second-order valence-electron chi connectivity index (χ2n) is 7.26. The van der Waals surface area contributed by atoms with E-state index < -0.39 is 0 Å². The van der Waals surface area contributed by atoms with Crippen LogP contribution in [0.15, 0.2) is 97.0 Å². The molecule has 0 aliphatic carbocycles. The van der Waals surface area contributed by atoms with Crippen LogP contribution in [0.4, 0.5) is 0 Å². The van der Waals surface area contributed by atoms with Gasteiger partial charge < -0.3 is 0 Å². The summed E-state index contributed by atoms with van der Waals surface area (Å²) in [7, 11) is 0. The third kappa shape index (κ3) is 4.81. The minimum atomic E-state index is -0.161. The first kappa shape index (κ1) is 21.5. The molecule has 1 aromatic heterocycles. The fraction of sp³-hybridized carbons (Fsp3) is 0.160. The average Bonchev–Trinajstić information content (AvgIpc) is 2.80. The lowest BCUT2D eigenvalue weighted by Gasteiger charge is -2.14. The van der Waals surface area contributed by atoms with Crippen molar-refractivity contribution >= 4 is 44.8 Å². The first-order valence-corrected chi connectivity index (χ1v) is 11.8. The van der Waals surface area contributed by atoms with E-state index in [9.17, 15) is 4.79 Å². The molecule has 0 aliphatic heterocycles. The number of halogens is 1. The number of hydrogen-bond acceptors (Lipinski definition) is 4. The Labute approximate surface area is 194 Å². The zero-order valence-electron chi connectivity index (χ0n) is 17.3. The Hall–Kier alpha value is -2.70. The van der Waals surface area contributed by atoms with Crippen LogP contribution in [0.5, 0.6) is 0 Å². The summed E-state index contributed by atoms with van der Waals surface area (Å²) in [4.78, 5) is 20.3. The zero-order valence-corrected chi connectivity index (χ0v) is 19.7. The topological polar surface area (TPSA) is 47.2 Å². The summed E-state index contributed by atoms with van der Waals surface area (Å²) < 4.78 is 2.29. The molecule has 0 radical (unpaired) electrons. The largest absolute Gasteiger partial charge is 0.282 e. The van der Waals surface area contributed by atoms with Gasteiger partial charge in [-0.2, -0.15) is 9.78 Å². The summed E-state index contributed by atoms with van der Waals surface area (Å²) in [6.07, 6.45) is 2.62. The van der Waals surface area contributed by atoms with Crippen molar-refractivity contribution in [1.82, 2.24) is 9.66 Å². The van der Waals surface area contributed by atoms with E-state index in [1.807, 2.05) is 48.5 Å². The number of nitrogens with zero attached hydrogens (tertiary/aromatic N) is 3. The van der Waals surface area contributed by atoms with Crippen LogP contribution in [0.3, 0.4) is 0 Å². The van der Waals surface area contributed by atoms with Gasteiger partial charge in [0.25, 0.3) is 5.56 Å². The maximum atomic E-state index is 13.3. The standard InChI is InChI=1S/C25H22BrN3OS/c1-3-17(2)24-28-22-14-13-19(26)15-21(22)25(30)29(24)27-16-18-9-7-8-12-23(18)31-20-10-5-4-6-11-20/h4-17H,3H2,1-2H3/t17-/m1/s1. The molecule has 1 heterocycles. The van der Waals surface area contributed by atoms with Gasteiger partial charge in [0.1, 0.15) is 5.82 Å². The molecule has 4 aromatic rings. The fourth-order valence-electron chi connectivity index (χ4n) is 3.19. The summed E-state index contributed by atoms with van der Waals surface area (Å²) in [6.45, 7) is 4.15. The first-order valence-electron chi connectivity index (χ1n) is 10.2.